The summed E-state index contributed by atoms with van der Waals surface area (Å²) in [4.78, 5) is 4.07. The topological polar surface area (TPSA) is 12.4 Å². The Morgan fingerprint density at radius 1 is 1.64 bits per heavy atom. The van der Waals surface area contributed by atoms with E-state index in [0.717, 1.165) is 4.48 Å². The molecular formula is C7H5BrClNS. The van der Waals surface area contributed by atoms with E-state index >= 15 is 0 Å². The summed E-state index contributed by atoms with van der Waals surface area (Å²) < 4.78 is 1.12. The Kier molecular flexibility index (Phi) is 2.12. The zero-order valence-corrected chi connectivity index (χ0v) is 8.66. The van der Waals surface area contributed by atoms with Gasteiger partial charge in [-0.25, -0.2) is 4.99 Å². The van der Waals surface area contributed by atoms with Gasteiger partial charge >= 0.3 is 0 Å². The summed E-state index contributed by atoms with van der Waals surface area (Å²) in [6.07, 6.45) is 3.92. The van der Waals surface area contributed by atoms with Crippen molar-refractivity contribution in [1.82, 2.24) is 0 Å². The zero-order chi connectivity index (χ0) is 7.84. The molecule has 4 heteroatoms. The fourth-order valence-electron chi connectivity index (χ4n) is 1.12. The summed E-state index contributed by atoms with van der Waals surface area (Å²) in [6, 6.07) is 0. The maximum Gasteiger partial charge on any atom is 0.120 e. The number of nitrogens with zero attached hydrogens (tertiary/aromatic N) is 1. The molecular weight excluding hydrogens is 246 g/mol. The zero-order valence-electron chi connectivity index (χ0n) is 5.50. The molecule has 2 atom stereocenters. The van der Waals surface area contributed by atoms with Crippen LogP contribution in [0.15, 0.2) is 27.2 Å². The van der Waals surface area contributed by atoms with Crippen LogP contribution >= 0.6 is 39.3 Å². The van der Waals surface area contributed by atoms with E-state index in [1.54, 1.807) is 18.0 Å². The highest BCUT2D eigenvalue weighted by molar-refractivity contribution is 9.11. The smallest absolute Gasteiger partial charge is 0.120 e. The minimum absolute atomic E-state index is 0.316. The lowest BCUT2D eigenvalue weighted by molar-refractivity contribution is 0.872. The molecule has 0 amide bonds. The largest absolute Gasteiger partial charge is 0.247 e. The summed E-state index contributed by atoms with van der Waals surface area (Å²) in [5, 5.41) is 3.09. The van der Waals surface area contributed by atoms with Crippen LogP contribution in [0, 0.1) is 5.92 Å². The Bertz CT molecular complexity index is 272. The first kappa shape index (κ1) is 7.90. The molecule has 0 aromatic heterocycles. The van der Waals surface area contributed by atoms with Gasteiger partial charge < -0.3 is 0 Å². The lowest BCUT2D eigenvalue weighted by Gasteiger charge is -2.19. The first-order valence-corrected chi connectivity index (χ1v) is 5.31. The van der Waals surface area contributed by atoms with Crippen molar-refractivity contribution in [2.45, 2.75) is 5.25 Å². The van der Waals surface area contributed by atoms with E-state index in [0.29, 0.717) is 16.3 Å². The molecule has 2 aliphatic rings. The normalized spacial score (nSPS) is 34.7. The Labute approximate surface area is 82.7 Å². The third-order valence-electron chi connectivity index (χ3n) is 1.70. The number of rotatable bonds is 0. The Morgan fingerprint density at radius 2 is 2.45 bits per heavy atom. The van der Waals surface area contributed by atoms with Crippen molar-refractivity contribution >= 4 is 44.5 Å². The molecule has 58 valence electrons. The van der Waals surface area contributed by atoms with Gasteiger partial charge in [-0.15, -0.1) is 11.8 Å². The summed E-state index contributed by atoms with van der Waals surface area (Å²) in [6.45, 7) is 0. The molecule has 0 saturated carbocycles. The van der Waals surface area contributed by atoms with Crippen LogP contribution in [0.5, 0.6) is 0 Å². The molecule has 0 aromatic rings. The third-order valence-corrected chi connectivity index (χ3v) is 4.02. The first-order valence-electron chi connectivity index (χ1n) is 3.20. The van der Waals surface area contributed by atoms with Crippen LogP contribution in [0.25, 0.3) is 0 Å². The second kappa shape index (κ2) is 2.96. The molecule has 1 nitrogen and oxygen atoms in total. The van der Waals surface area contributed by atoms with Gasteiger partial charge in [0.05, 0.1) is 5.25 Å². The maximum absolute atomic E-state index is 5.91. The molecule has 2 unspecified atom stereocenters. The van der Waals surface area contributed by atoms with Gasteiger partial charge in [0.2, 0.25) is 0 Å². The Morgan fingerprint density at radius 3 is 3.18 bits per heavy atom. The number of hydrogen-bond acceptors (Lipinski definition) is 2. The highest BCUT2D eigenvalue weighted by atomic mass is 79.9. The molecule has 0 fully saturated rings. The average molecular weight is 251 g/mol. The quantitative estimate of drug-likeness (QED) is 0.643. The van der Waals surface area contributed by atoms with E-state index in [1.807, 2.05) is 0 Å². The Balaban J connectivity index is 2.35. The lowest BCUT2D eigenvalue weighted by Crippen LogP contribution is -2.21. The van der Waals surface area contributed by atoms with Gasteiger partial charge in [0.1, 0.15) is 5.17 Å². The van der Waals surface area contributed by atoms with Crippen molar-refractivity contribution in [2.24, 2.45) is 10.9 Å². The summed E-state index contributed by atoms with van der Waals surface area (Å²) in [5.41, 5.74) is 0. The summed E-state index contributed by atoms with van der Waals surface area (Å²) >= 11 is 11.1. The van der Waals surface area contributed by atoms with Gasteiger partial charge in [-0.1, -0.05) is 33.6 Å². The molecule has 0 aromatic carbocycles. The second-order valence-corrected chi connectivity index (χ2v) is 4.73. The average Bonchev–Trinajstić information content (AvgIpc) is 2.45. The molecule has 11 heavy (non-hydrogen) atoms. The van der Waals surface area contributed by atoms with E-state index in [2.05, 4.69) is 32.4 Å². The van der Waals surface area contributed by atoms with Crippen molar-refractivity contribution in [2.75, 3.05) is 0 Å². The van der Waals surface area contributed by atoms with Crippen LogP contribution in [0.1, 0.15) is 0 Å². The summed E-state index contributed by atoms with van der Waals surface area (Å²) in [5.74, 6) is 0.407. The van der Waals surface area contributed by atoms with E-state index in [1.165, 1.54) is 0 Å². The molecule has 0 N–H and O–H groups in total. The van der Waals surface area contributed by atoms with Gasteiger partial charge in [0, 0.05) is 16.6 Å². The van der Waals surface area contributed by atoms with Crippen LogP contribution in [0.2, 0.25) is 0 Å². The third kappa shape index (κ3) is 1.30. The number of halogens is 2. The number of fused-ring (bicyclic) bond motifs is 1. The standard InChI is InChI=1S/C7H5BrClNS/c8-5-3-10-7(9)6-4(5)1-2-11-6/h1-4,6H. The van der Waals surface area contributed by atoms with Gasteiger partial charge in [0.25, 0.3) is 0 Å². The molecule has 0 spiro atoms. The van der Waals surface area contributed by atoms with Crippen LogP contribution in [0.4, 0.5) is 0 Å². The van der Waals surface area contributed by atoms with E-state index in [9.17, 15) is 0 Å². The second-order valence-electron chi connectivity index (χ2n) is 2.38. The molecule has 2 aliphatic heterocycles. The van der Waals surface area contributed by atoms with Gasteiger partial charge in [-0.3, -0.25) is 0 Å². The SMILES string of the molecule is ClC1=NC=C(Br)C2C=CSC12. The van der Waals surface area contributed by atoms with Crippen molar-refractivity contribution in [3.63, 3.8) is 0 Å². The molecule has 0 aliphatic carbocycles. The summed E-state index contributed by atoms with van der Waals surface area (Å²) in [7, 11) is 0. The molecule has 0 bridgehead atoms. The fraction of sp³-hybridized carbons (Fsp3) is 0.286. The van der Waals surface area contributed by atoms with Crippen molar-refractivity contribution in [1.29, 1.82) is 0 Å². The minimum Gasteiger partial charge on any atom is -0.247 e. The van der Waals surface area contributed by atoms with Gasteiger partial charge in [-0.05, 0) is 5.41 Å². The van der Waals surface area contributed by atoms with Gasteiger partial charge in [-0.2, -0.15) is 0 Å². The van der Waals surface area contributed by atoms with E-state index in [4.69, 9.17) is 11.6 Å². The molecule has 2 rings (SSSR count). The van der Waals surface area contributed by atoms with Crippen LogP contribution < -0.4 is 0 Å². The highest BCUT2D eigenvalue weighted by Crippen LogP contribution is 2.40. The monoisotopic (exact) mass is 249 g/mol. The van der Waals surface area contributed by atoms with Crippen LogP contribution in [-0.2, 0) is 0 Å². The number of hydrogen-bond donors (Lipinski definition) is 0. The predicted molar refractivity (Wildman–Crippen MR) is 54.3 cm³/mol. The van der Waals surface area contributed by atoms with Crippen LogP contribution in [0.3, 0.4) is 0 Å². The van der Waals surface area contributed by atoms with E-state index < -0.39 is 0 Å². The first-order chi connectivity index (χ1) is 5.29. The molecule has 2 heterocycles. The highest BCUT2D eigenvalue weighted by Gasteiger charge is 2.31. The van der Waals surface area contributed by atoms with Crippen molar-refractivity contribution in [3.05, 3.63) is 22.2 Å². The van der Waals surface area contributed by atoms with Crippen LogP contribution in [-0.4, -0.2) is 10.4 Å². The minimum atomic E-state index is 0.316. The lowest BCUT2D eigenvalue weighted by atomic mass is 10.1. The van der Waals surface area contributed by atoms with Crippen molar-refractivity contribution in [3.8, 4) is 0 Å². The number of thioether (sulfide) groups is 1. The van der Waals surface area contributed by atoms with Crippen molar-refractivity contribution < 1.29 is 0 Å². The molecule has 0 radical (unpaired) electrons. The van der Waals surface area contributed by atoms with E-state index in [-0.39, 0.29) is 0 Å². The number of aliphatic imine (C=N–C) groups is 1. The maximum atomic E-state index is 5.91. The Hall–Kier alpha value is 0.270. The number of allylic oxidation sites excluding steroid dienone is 2. The predicted octanol–water partition coefficient (Wildman–Crippen LogP) is 3.12. The molecule has 0 saturated heterocycles. The fourth-order valence-corrected chi connectivity index (χ4v) is 3.17. The van der Waals surface area contributed by atoms with Gasteiger partial charge in [0.15, 0.2) is 0 Å².